The van der Waals surface area contributed by atoms with Crippen molar-refractivity contribution in [1.82, 2.24) is 0 Å². The molecule has 3 heteroatoms. The number of nitrogens with two attached hydrogens (primary N) is 1. The first-order valence-corrected chi connectivity index (χ1v) is 8.00. The second-order valence-electron chi connectivity index (χ2n) is 5.11. The molecule has 0 saturated heterocycles. The van der Waals surface area contributed by atoms with E-state index >= 15 is 0 Å². The molecule has 0 saturated carbocycles. The zero-order valence-corrected chi connectivity index (χ0v) is 13.1. The first-order valence-electron chi connectivity index (χ1n) is 7.12. The van der Waals surface area contributed by atoms with Gasteiger partial charge in [-0.25, -0.2) is 0 Å². The van der Waals surface area contributed by atoms with Crippen LogP contribution in [-0.4, -0.2) is 7.11 Å². The van der Waals surface area contributed by atoms with Gasteiger partial charge in [-0.15, -0.1) is 11.3 Å². The molecule has 1 aromatic heterocycles. The average molecular weight is 297 g/mol. The zero-order valence-electron chi connectivity index (χ0n) is 12.3. The van der Waals surface area contributed by atoms with E-state index in [-0.39, 0.29) is 6.04 Å². The van der Waals surface area contributed by atoms with E-state index in [1.165, 1.54) is 21.2 Å². The molecular formula is C18H19NOS. The van der Waals surface area contributed by atoms with Crippen molar-refractivity contribution in [2.24, 2.45) is 5.73 Å². The first kappa shape index (κ1) is 14.1. The number of rotatable bonds is 4. The highest BCUT2D eigenvalue weighted by Crippen LogP contribution is 2.30. The molecule has 2 nitrogen and oxygen atoms in total. The molecule has 0 aliphatic rings. The van der Waals surface area contributed by atoms with Crippen LogP contribution in [0.3, 0.4) is 0 Å². The summed E-state index contributed by atoms with van der Waals surface area (Å²) >= 11 is 1.74. The molecule has 3 aromatic rings. The standard InChI is InChI=1S/C18H19NOS/c1-3-12-8-9-21-18(12)17(19)15-5-4-14-11-16(20-2)7-6-13(14)10-15/h4-11,17H,3,19H2,1-2H3. The number of ether oxygens (including phenoxy) is 1. The van der Waals surface area contributed by atoms with Crippen molar-refractivity contribution in [3.05, 3.63) is 63.8 Å². The summed E-state index contributed by atoms with van der Waals surface area (Å²) < 4.78 is 5.27. The van der Waals surface area contributed by atoms with E-state index in [1.807, 2.05) is 12.1 Å². The number of benzene rings is 2. The lowest BCUT2D eigenvalue weighted by Gasteiger charge is -2.14. The van der Waals surface area contributed by atoms with Gasteiger partial charge in [0.1, 0.15) is 5.75 Å². The summed E-state index contributed by atoms with van der Waals surface area (Å²) in [5, 5.41) is 4.49. The van der Waals surface area contributed by atoms with Crippen LogP contribution in [0.4, 0.5) is 0 Å². The molecule has 0 spiro atoms. The first-order chi connectivity index (χ1) is 10.2. The van der Waals surface area contributed by atoms with Gasteiger partial charge in [-0.3, -0.25) is 0 Å². The molecule has 0 amide bonds. The molecule has 21 heavy (non-hydrogen) atoms. The largest absolute Gasteiger partial charge is 0.497 e. The van der Waals surface area contributed by atoms with Gasteiger partial charge in [-0.2, -0.15) is 0 Å². The molecule has 2 N–H and O–H groups in total. The summed E-state index contributed by atoms with van der Waals surface area (Å²) in [6, 6.07) is 14.7. The Labute approximate surface area is 129 Å². The van der Waals surface area contributed by atoms with Crippen LogP contribution in [0.15, 0.2) is 47.8 Å². The van der Waals surface area contributed by atoms with Gasteiger partial charge in [0.2, 0.25) is 0 Å². The Balaban J connectivity index is 2.01. The lowest BCUT2D eigenvalue weighted by Crippen LogP contribution is -2.11. The van der Waals surface area contributed by atoms with Crippen molar-refractivity contribution < 1.29 is 4.74 Å². The van der Waals surface area contributed by atoms with Gasteiger partial charge in [-0.05, 0) is 58.0 Å². The number of hydrogen-bond acceptors (Lipinski definition) is 3. The lowest BCUT2D eigenvalue weighted by atomic mass is 9.99. The average Bonchev–Trinajstić information content (AvgIpc) is 3.01. The Kier molecular flexibility index (Phi) is 3.95. The maximum Gasteiger partial charge on any atom is 0.119 e. The molecule has 2 aromatic carbocycles. The fourth-order valence-corrected chi connectivity index (χ4v) is 3.65. The lowest BCUT2D eigenvalue weighted by molar-refractivity contribution is 0.415. The van der Waals surface area contributed by atoms with Crippen molar-refractivity contribution in [1.29, 1.82) is 0 Å². The number of hydrogen-bond donors (Lipinski definition) is 1. The molecule has 0 aliphatic heterocycles. The molecule has 0 bridgehead atoms. The maximum atomic E-state index is 6.47. The van der Waals surface area contributed by atoms with Crippen molar-refractivity contribution >= 4 is 22.1 Å². The highest BCUT2D eigenvalue weighted by molar-refractivity contribution is 7.10. The van der Waals surface area contributed by atoms with E-state index in [2.05, 4.69) is 42.6 Å². The molecule has 108 valence electrons. The zero-order chi connectivity index (χ0) is 14.8. The predicted molar refractivity (Wildman–Crippen MR) is 90.2 cm³/mol. The van der Waals surface area contributed by atoms with Gasteiger partial charge in [0, 0.05) is 4.88 Å². The minimum absolute atomic E-state index is 0.0496. The van der Waals surface area contributed by atoms with Crippen molar-refractivity contribution in [3.8, 4) is 5.75 Å². The highest BCUT2D eigenvalue weighted by atomic mass is 32.1. The fourth-order valence-electron chi connectivity index (χ4n) is 2.63. The Morgan fingerprint density at radius 3 is 2.62 bits per heavy atom. The topological polar surface area (TPSA) is 35.2 Å². The van der Waals surface area contributed by atoms with Crippen LogP contribution < -0.4 is 10.5 Å². The molecule has 0 radical (unpaired) electrons. The van der Waals surface area contributed by atoms with E-state index in [4.69, 9.17) is 10.5 Å². The third-order valence-corrected chi connectivity index (χ3v) is 4.92. The van der Waals surface area contributed by atoms with Crippen LogP contribution in [0.5, 0.6) is 5.75 Å². The van der Waals surface area contributed by atoms with Gasteiger partial charge < -0.3 is 10.5 Å². The van der Waals surface area contributed by atoms with Crippen molar-refractivity contribution in [2.45, 2.75) is 19.4 Å². The molecule has 1 unspecified atom stereocenters. The minimum atomic E-state index is -0.0496. The Morgan fingerprint density at radius 1 is 1.10 bits per heavy atom. The number of thiophene rings is 1. The van der Waals surface area contributed by atoms with Gasteiger partial charge >= 0.3 is 0 Å². The van der Waals surface area contributed by atoms with Gasteiger partial charge in [-0.1, -0.05) is 25.1 Å². The number of methoxy groups -OCH3 is 1. The summed E-state index contributed by atoms with van der Waals surface area (Å²) in [5.74, 6) is 0.881. The number of fused-ring (bicyclic) bond motifs is 1. The predicted octanol–water partition coefficient (Wildman–Crippen LogP) is 4.52. The SMILES string of the molecule is CCc1ccsc1C(N)c1ccc2cc(OC)ccc2c1. The normalized spacial score (nSPS) is 12.5. The number of aryl methyl sites for hydroxylation is 1. The quantitative estimate of drug-likeness (QED) is 0.768. The van der Waals surface area contributed by atoms with E-state index in [9.17, 15) is 0 Å². The molecule has 1 atom stereocenters. The molecule has 3 rings (SSSR count). The van der Waals surface area contributed by atoms with Crippen LogP contribution >= 0.6 is 11.3 Å². The summed E-state index contributed by atoms with van der Waals surface area (Å²) in [7, 11) is 1.69. The van der Waals surface area contributed by atoms with Gasteiger partial charge in [0.15, 0.2) is 0 Å². The summed E-state index contributed by atoms with van der Waals surface area (Å²) in [6.07, 6.45) is 1.03. The van der Waals surface area contributed by atoms with E-state index < -0.39 is 0 Å². The molecular weight excluding hydrogens is 278 g/mol. The van der Waals surface area contributed by atoms with E-state index in [0.29, 0.717) is 0 Å². The second-order valence-corrected chi connectivity index (χ2v) is 6.06. The second kappa shape index (κ2) is 5.88. The Bertz CT molecular complexity index is 763. The summed E-state index contributed by atoms with van der Waals surface area (Å²) in [5.41, 5.74) is 8.98. The minimum Gasteiger partial charge on any atom is -0.497 e. The highest BCUT2D eigenvalue weighted by Gasteiger charge is 2.14. The van der Waals surface area contributed by atoms with Crippen molar-refractivity contribution in [2.75, 3.05) is 7.11 Å². The van der Waals surface area contributed by atoms with Crippen LogP contribution in [0.2, 0.25) is 0 Å². The van der Waals surface area contributed by atoms with E-state index in [0.717, 1.165) is 17.7 Å². The van der Waals surface area contributed by atoms with Crippen LogP contribution in [0.1, 0.15) is 29.0 Å². The third kappa shape index (κ3) is 2.67. The van der Waals surface area contributed by atoms with Crippen molar-refractivity contribution in [3.63, 3.8) is 0 Å². The van der Waals surface area contributed by atoms with Crippen LogP contribution in [0, 0.1) is 0 Å². The van der Waals surface area contributed by atoms with Crippen LogP contribution in [0.25, 0.3) is 10.8 Å². The Hall–Kier alpha value is -1.84. The summed E-state index contributed by atoms with van der Waals surface area (Å²) in [6.45, 7) is 2.17. The Morgan fingerprint density at radius 2 is 1.86 bits per heavy atom. The van der Waals surface area contributed by atoms with E-state index in [1.54, 1.807) is 18.4 Å². The molecule has 0 aliphatic carbocycles. The third-order valence-electron chi connectivity index (χ3n) is 3.87. The van der Waals surface area contributed by atoms with Gasteiger partial charge in [0.25, 0.3) is 0 Å². The monoisotopic (exact) mass is 297 g/mol. The molecule has 1 heterocycles. The maximum absolute atomic E-state index is 6.47. The smallest absolute Gasteiger partial charge is 0.119 e. The van der Waals surface area contributed by atoms with Crippen LogP contribution in [-0.2, 0) is 6.42 Å². The molecule has 0 fully saturated rings. The fraction of sp³-hybridized carbons (Fsp3) is 0.222. The summed E-state index contributed by atoms with van der Waals surface area (Å²) in [4.78, 5) is 1.27. The van der Waals surface area contributed by atoms with Gasteiger partial charge in [0.05, 0.1) is 13.2 Å².